The summed E-state index contributed by atoms with van der Waals surface area (Å²) < 4.78 is 46.6. The Labute approximate surface area is 224 Å². The summed E-state index contributed by atoms with van der Waals surface area (Å²) >= 11 is 0. The van der Waals surface area contributed by atoms with Gasteiger partial charge in [0, 0.05) is 34.9 Å². The molecule has 3 aromatic rings. The van der Waals surface area contributed by atoms with Crippen LogP contribution >= 0.6 is 0 Å². The first-order chi connectivity index (χ1) is 18.7. The molecule has 0 spiro atoms. The summed E-state index contributed by atoms with van der Waals surface area (Å²) in [7, 11) is 1.50. The van der Waals surface area contributed by atoms with Crippen LogP contribution in [0.25, 0.3) is 0 Å². The molecule has 1 aliphatic carbocycles. The van der Waals surface area contributed by atoms with Gasteiger partial charge < -0.3 is 10.1 Å². The largest absolute Gasteiger partial charge is 0.496 e. The Morgan fingerprint density at radius 1 is 0.949 bits per heavy atom. The standard InChI is InChI=1S/C31H27F3N2O3/c1-18-27(30(38)36-23-14-8-7-13-22(23)31(32,33)34)28(21-12-6-9-15-26(21)39-2)29-24(35-18)16-20(17-25(29)37)19-10-4-3-5-11-19/h3-15,20,27-28H,16-17H2,1-2H3,(H,36,38)/t20-,27?,28-/m1/s1. The minimum Gasteiger partial charge on any atom is -0.496 e. The Hall–Kier alpha value is -4.20. The highest BCUT2D eigenvalue weighted by atomic mass is 19.4. The number of nitrogens with zero attached hydrogens (tertiary/aromatic N) is 1. The van der Waals surface area contributed by atoms with Crippen LogP contribution < -0.4 is 10.1 Å². The van der Waals surface area contributed by atoms with Crippen LogP contribution in [0.5, 0.6) is 5.75 Å². The fraction of sp³-hybridized carbons (Fsp3) is 0.258. The van der Waals surface area contributed by atoms with Crippen LogP contribution in [0.3, 0.4) is 0 Å². The molecule has 0 aromatic heterocycles. The van der Waals surface area contributed by atoms with Gasteiger partial charge in [0.1, 0.15) is 5.75 Å². The quantitative estimate of drug-likeness (QED) is 0.388. The summed E-state index contributed by atoms with van der Waals surface area (Å²) in [5, 5.41) is 2.48. The van der Waals surface area contributed by atoms with Crippen LogP contribution in [0.2, 0.25) is 0 Å². The van der Waals surface area contributed by atoms with E-state index in [4.69, 9.17) is 9.73 Å². The van der Waals surface area contributed by atoms with Gasteiger partial charge in [-0.25, -0.2) is 0 Å². The molecule has 0 radical (unpaired) electrons. The molecule has 39 heavy (non-hydrogen) atoms. The highest BCUT2D eigenvalue weighted by Gasteiger charge is 2.45. The van der Waals surface area contributed by atoms with Crippen LogP contribution in [-0.2, 0) is 15.8 Å². The van der Waals surface area contributed by atoms with Gasteiger partial charge in [-0.1, -0.05) is 60.7 Å². The van der Waals surface area contributed by atoms with Crippen LogP contribution in [0.1, 0.15) is 48.3 Å². The van der Waals surface area contributed by atoms with E-state index in [-0.39, 0.29) is 23.8 Å². The van der Waals surface area contributed by atoms with E-state index >= 15 is 0 Å². The monoisotopic (exact) mass is 532 g/mol. The van der Waals surface area contributed by atoms with Crippen molar-refractivity contribution in [2.75, 3.05) is 12.4 Å². The van der Waals surface area contributed by atoms with Crippen molar-refractivity contribution >= 4 is 23.1 Å². The summed E-state index contributed by atoms with van der Waals surface area (Å²) in [6, 6.07) is 21.7. The molecule has 0 bridgehead atoms. The van der Waals surface area contributed by atoms with E-state index in [1.807, 2.05) is 30.3 Å². The maximum atomic E-state index is 13.8. The first kappa shape index (κ1) is 26.4. The molecule has 3 atom stereocenters. The number of ketones is 1. The van der Waals surface area contributed by atoms with E-state index in [9.17, 15) is 22.8 Å². The number of hydrogen-bond donors (Lipinski definition) is 1. The lowest BCUT2D eigenvalue weighted by Gasteiger charge is -2.37. The normalized spacial score (nSPS) is 21.2. The van der Waals surface area contributed by atoms with E-state index in [2.05, 4.69) is 5.32 Å². The van der Waals surface area contributed by atoms with Crippen molar-refractivity contribution in [3.8, 4) is 5.75 Å². The van der Waals surface area contributed by atoms with Crippen LogP contribution in [0.15, 0.2) is 95.1 Å². The summed E-state index contributed by atoms with van der Waals surface area (Å²) in [4.78, 5) is 32.3. The molecule has 1 unspecified atom stereocenters. The third kappa shape index (κ3) is 5.11. The third-order valence-corrected chi connectivity index (χ3v) is 7.41. The van der Waals surface area contributed by atoms with Crippen LogP contribution in [0.4, 0.5) is 18.9 Å². The van der Waals surface area contributed by atoms with Gasteiger partial charge in [-0.05, 0) is 43.0 Å². The average molecular weight is 533 g/mol. The number of aliphatic imine (C=N–C) groups is 1. The molecule has 0 saturated heterocycles. The number of carbonyl (C=O) groups is 2. The molecule has 2 aliphatic rings. The number of benzene rings is 3. The Bertz CT molecular complexity index is 1480. The zero-order valence-corrected chi connectivity index (χ0v) is 21.5. The second-order valence-electron chi connectivity index (χ2n) is 9.78. The summed E-state index contributed by atoms with van der Waals surface area (Å²) in [6.07, 6.45) is -3.89. The molecule has 1 aliphatic heterocycles. The number of alkyl halides is 3. The first-order valence-corrected chi connectivity index (χ1v) is 12.7. The number of methoxy groups -OCH3 is 1. The Balaban J connectivity index is 1.59. The molecule has 0 saturated carbocycles. The number of amides is 1. The average Bonchev–Trinajstić information content (AvgIpc) is 2.92. The van der Waals surface area contributed by atoms with Crippen molar-refractivity contribution < 1.29 is 27.5 Å². The van der Waals surface area contributed by atoms with E-state index in [1.165, 1.54) is 25.3 Å². The van der Waals surface area contributed by atoms with Gasteiger partial charge in [-0.3, -0.25) is 14.6 Å². The predicted molar refractivity (Wildman–Crippen MR) is 143 cm³/mol. The van der Waals surface area contributed by atoms with Gasteiger partial charge >= 0.3 is 6.18 Å². The summed E-state index contributed by atoms with van der Waals surface area (Å²) in [5.74, 6) is -2.17. The second kappa shape index (κ2) is 10.5. The maximum absolute atomic E-state index is 13.8. The van der Waals surface area contributed by atoms with E-state index < -0.39 is 29.5 Å². The van der Waals surface area contributed by atoms with Crippen LogP contribution in [0, 0.1) is 5.92 Å². The van der Waals surface area contributed by atoms with E-state index in [0.717, 1.165) is 11.6 Å². The number of allylic oxidation sites excluding steroid dienone is 2. The second-order valence-corrected chi connectivity index (χ2v) is 9.78. The highest BCUT2D eigenvalue weighted by Crippen LogP contribution is 2.48. The Morgan fingerprint density at radius 3 is 2.33 bits per heavy atom. The van der Waals surface area contributed by atoms with Gasteiger partial charge in [0.25, 0.3) is 0 Å². The lowest BCUT2D eigenvalue weighted by molar-refractivity contribution is -0.137. The van der Waals surface area contributed by atoms with Gasteiger partial charge in [-0.15, -0.1) is 0 Å². The smallest absolute Gasteiger partial charge is 0.418 e. The van der Waals surface area contributed by atoms with Crippen molar-refractivity contribution in [2.24, 2.45) is 10.9 Å². The number of para-hydroxylation sites is 2. The number of rotatable bonds is 5. The zero-order valence-electron chi connectivity index (χ0n) is 21.5. The lowest BCUT2D eigenvalue weighted by atomic mass is 9.69. The van der Waals surface area contributed by atoms with E-state index in [1.54, 1.807) is 31.2 Å². The third-order valence-electron chi connectivity index (χ3n) is 7.41. The van der Waals surface area contributed by atoms with Crippen molar-refractivity contribution in [2.45, 2.75) is 37.8 Å². The molecular weight excluding hydrogens is 505 g/mol. The van der Waals surface area contributed by atoms with Gasteiger partial charge in [0.05, 0.1) is 24.3 Å². The van der Waals surface area contributed by atoms with Crippen molar-refractivity contribution in [1.29, 1.82) is 0 Å². The zero-order chi connectivity index (χ0) is 27.7. The highest BCUT2D eigenvalue weighted by molar-refractivity contribution is 6.13. The number of hydrogen-bond acceptors (Lipinski definition) is 4. The minimum absolute atomic E-state index is 0.0589. The van der Waals surface area contributed by atoms with Crippen molar-refractivity contribution in [1.82, 2.24) is 0 Å². The Kier molecular flexibility index (Phi) is 7.12. The number of anilines is 1. The molecule has 3 aromatic carbocycles. The SMILES string of the molecule is COc1ccccc1[C@H]1C2=C(C[C@@H](c3ccccc3)CC2=O)N=C(C)C1C(=O)Nc1ccccc1C(F)(F)F. The van der Waals surface area contributed by atoms with Crippen molar-refractivity contribution in [3.63, 3.8) is 0 Å². The predicted octanol–water partition coefficient (Wildman–Crippen LogP) is 6.93. The fourth-order valence-electron chi connectivity index (χ4n) is 5.67. The number of carbonyl (C=O) groups excluding carboxylic acids is 2. The number of nitrogens with one attached hydrogen (secondary N) is 1. The fourth-order valence-corrected chi connectivity index (χ4v) is 5.67. The summed E-state index contributed by atoms with van der Waals surface area (Å²) in [6.45, 7) is 1.68. The maximum Gasteiger partial charge on any atom is 0.418 e. The molecule has 0 fully saturated rings. The molecule has 1 amide bonds. The lowest BCUT2D eigenvalue weighted by Crippen LogP contribution is -2.40. The van der Waals surface area contributed by atoms with Gasteiger partial charge in [0.2, 0.25) is 5.91 Å². The van der Waals surface area contributed by atoms with Crippen molar-refractivity contribution in [3.05, 3.63) is 107 Å². The topological polar surface area (TPSA) is 67.8 Å². The summed E-state index contributed by atoms with van der Waals surface area (Å²) in [5.41, 5.74) is 1.79. The molecule has 1 heterocycles. The molecule has 200 valence electrons. The van der Waals surface area contributed by atoms with E-state index in [0.29, 0.717) is 34.7 Å². The first-order valence-electron chi connectivity index (χ1n) is 12.7. The number of Topliss-reactive ketones (excluding diaryl/α,β-unsaturated/α-hetero) is 1. The molecule has 5 nitrogen and oxygen atoms in total. The molecule has 5 rings (SSSR count). The van der Waals surface area contributed by atoms with Gasteiger partial charge in [-0.2, -0.15) is 13.2 Å². The molecule has 1 N–H and O–H groups in total. The molecule has 8 heteroatoms. The Morgan fingerprint density at radius 2 is 1.62 bits per heavy atom. The van der Waals surface area contributed by atoms with Gasteiger partial charge in [0.15, 0.2) is 5.78 Å². The minimum atomic E-state index is -4.65. The number of ether oxygens (including phenoxy) is 1. The number of halogens is 3. The van der Waals surface area contributed by atoms with Crippen LogP contribution in [-0.4, -0.2) is 24.5 Å². The molecular formula is C31H27F3N2O3.